The minimum absolute atomic E-state index is 0.0372. The molecule has 0 radical (unpaired) electrons. The summed E-state index contributed by atoms with van der Waals surface area (Å²) in [4.78, 5) is 56.8. The molecule has 0 spiro atoms. The number of rotatable bonds is 18. The number of carbonyl (C=O) groups is 4. The Morgan fingerprint density at radius 3 is 2.27 bits per heavy atom. The molecule has 15 heteroatoms. The van der Waals surface area contributed by atoms with Gasteiger partial charge in [-0.05, 0) is 54.4 Å². The van der Waals surface area contributed by atoms with E-state index in [-0.39, 0.29) is 49.7 Å². The van der Waals surface area contributed by atoms with Gasteiger partial charge in [0.05, 0.1) is 17.8 Å². The number of amides is 5. The van der Waals surface area contributed by atoms with Crippen LogP contribution in [-0.4, -0.2) is 81.6 Å². The van der Waals surface area contributed by atoms with Crippen LogP contribution in [0.3, 0.4) is 0 Å². The molecule has 2 aromatic carbocycles. The molecule has 3 atom stereocenters. The first kappa shape index (κ1) is 41.5. The fourth-order valence-electron chi connectivity index (χ4n) is 5.80. The maximum absolute atomic E-state index is 15.0. The number of carbonyl (C=O) groups excluding carboxylic acids is 4. The molecule has 0 aliphatic rings. The summed E-state index contributed by atoms with van der Waals surface area (Å²) < 4.78 is 31.1. The van der Waals surface area contributed by atoms with Crippen molar-refractivity contribution in [2.24, 2.45) is 22.8 Å². The first-order valence-electron chi connectivity index (χ1n) is 17.4. The SMILES string of the molecule is CC(C)[C@H](N)C(=O)N[C@@H](CCCNC(N)=O)C(=O)NCCCN(C(=O)CO)[C@@H](c1nc(-c2cc(F)ccc2F)cn1Cc1ccccc1)C(C)(C)C. The molecule has 0 unspecified atom stereocenters. The molecule has 1 aromatic heterocycles. The van der Waals surface area contributed by atoms with Crippen molar-refractivity contribution in [3.05, 3.63) is 77.8 Å². The van der Waals surface area contributed by atoms with E-state index in [0.717, 1.165) is 23.8 Å². The highest BCUT2D eigenvalue weighted by atomic mass is 19.1. The van der Waals surface area contributed by atoms with Crippen LogP contribution in [0.4, 0.5) is 13.6 Å². The second kappa shape index (κ2) is 19.1. The summed E-state index contributed by atoms with van der Waals surface area (Å²) in [6.07, 6.45) is 2.42. The molecule has 1 heterocycles. The van der Waals surface area contributed by atoms with E-state index in [9.17, 15) is 33.1 Å². The topological polar surface area (TPSA) is 198 Å². The largest absolute Gasteiger partial charge is 0.387 e. The molecule has 0 aliphatic carbocycles. The number of benzene rings is 2. The van der Waals surface area contributed by atoms with Crippen molar-refractivity contribution in [3.63, 3.8) is 0 Å². The van der Waals surface area contributed by atoms with Gasteiger partial charge in [-0.2, -0.15) is 0 Å². The molecule has 284 valence electrons. The number of hydrogen-bond acceptors (Lipinski definition) is 7. The van der Waals surface area contributed by atoms with Gasteiger partial charge in [-0.25, -0.2) is 18.6 Å². The number of aliphatic hydroxyl groups is 1. The number of imidazole rings is 1. The first-order chi connectivity index (χ1) is 24.5. The average molecular weight is 727 g/mol. The lowest BCUT2D eigenvalue weighted by Crippen LogP contribution is -2.53. The number of aliphatic hydroxyl groups excluding tert-OH is 1. The molecule has 0 saturated heterocycles. The van der Waals surface area contributed by atoms with E-state index in [4.69, 9.17) is 16.5 Å². The molecule has 0 fully saturated rings. The molecule has 52 heavy (non-hydrogen) atoms. The van der Waals surface area contributed by atoms with Crippen molar-refractivity contribution in [3.8, 4) is 11.3 Å². The van der Waals surface area contributed by atoms with E-state index in [1.54, 1.807) is 24.6 Å². The predicted octanol–water partition coefficient (Wildman–Crippen LogP) is 3.21. The fourth-order valence-corrected chi connectivity index (χ4v) is 5.80. The van der Waals surface area contributed by atoms with Crippen LogP contribution in [0.1, 0.15) is 71.3 Å². The zero-order valence-electron chi connectivity index (χ0n) is 30.5. The highest BCUT2D eigenvalue weighted by Crippen LogP contribution is 2.39. The number of nitrogens with two attached hydrogens (primary N) is 2. The van der Waals surface area contributed by atoms with E-state index in [1.165, 1.54) is 4.90 Å². The van der Waals surface area contributed by atoms with Gasteiger partial charge in [-0.15, -0.1) is 0 Å². The summed E-state index contributed by atoms with van der Waals surface area (Å²) in [6, 6.07) is 9.35. The van der Waals surface area contributed by atoms with Crippen LogP contribution in [0, 0.1) is 23.0 Å². The van der Waals surface area contributed by atoms with Crippen molar-refractivity contribution < 1.29 is 33.1 Å². The minimum Gasteiger partial charge on any atom is -0.387 e. The summed E-state index contributed by atoms with van der Waals surface area (Å²) in [6.45, 7) is 9.19. The summed E-state index contributed by atoms with van der Waals surface area (Å²) in [5.74, 6) is -2.62. The van der Waals surface area contributed by atoms with Gasteiger partial charge in [0.1, 0.15) is 30.1 Å². The molecule has 3 rings (SSSR count). The Labute approximate surface area is 303 Å². The average Bonchev–Trinajstić information content (AvgIpc) is 3.49. The standard InChI is InChI=1S/C37H52F2N8O5/c1-23(2)31(40)35(51)45-28(13-9-16-43-36(41)52)34(50)42-17-10-18-47(30(49)22-48)32(37(3,4)5)33-44-29(26-19-25(38)14-15-27(26)39)21-46(33)20-24-11-7-6-8-12-24/h6-8,11-12,14-15,19,21,23,28,31-32,48H,9-10,13,16-18,20,22,40H2,1-5H3,(H,42,50)(H,45,51)(H3,41,43,52)/t28-,31-,32-/m0/s1. The maximum atomic E-state index is 15.0. The van der Waals surface area contributed by atoms with Gasteiger partial charge < -0.3 is 42.0 Å². The second-order valence-corrected chi connectivity index (χ2v) is 14.1. The van der Waals surface area contributed by atoms with Crippen LogP contribution in [0.2, 0.25) is 0 Å². The summed E-state index contributed by atoms with van der Waals surface area (Å²) >= 11 is 0. The van der Waals surface area contributed by atoms with Crippen molar-refractivity contribution in [2.75, 3.05) is 26.2 Å². The number of nitrogens with one attached hydrogen (secondary N) is 3. The predicted molar refractivity (Wildman–Crippen MR) is 193 cm³/mol. The maximum Gasteiger partial charge on any atom is 0.312 e. The molecular weight excluding hydrogens is 674 g/mol. The van der Waals surface area contributed by atoms with Crippen LogP contribution in [0.25, 0.3) is 11.3 Å². The van der Waals surface area contributed by atoms with Gasteiger partial charge in [0.15, 0.2) is 0 Å². The number of primary amides is 1. The van der Waals surface area contributed by atoms with Gasteiger partial charge in [0, 0.05) is 37.9 Å². The number of hydrogen-bond donors (Lipinski definition) is 6. The molecular formula is C37H52F2N8O5. The Kier molecular flexibility index (Phi) is 15.2. The zero-order valence-corrected chi connectivity index (χ0v) is 30.5. The lowest BCUT2D eigenvalue weighted by Gasteiger charge is -2.40. The Balaban J connectivity index is 1.89. The third-order valence-corrected chi connectivity index (χ3v) is 8.54. The molecule has 0 aliphatic heterocycles. The van der Waals surface area contributed by atoms with Gasteiger partial charge >= 0.3 is 6.03 Å². The first-order valence-corrected chi connectivity index (χ1v) is 17.4. The Morgan fingerprint density at radius 2 is 1.65 bits per heavy atom. The summed E-state index contributed by atoms with van der Waals surface area (Å²) in [5, 5.41) is 18.0. The summed E-state index contributed by atoms with van der Waals surface area (Å²) in [7, 11) is 0. The lowest BCUT2D eigenvalue weighted by molar-refractivity contribution is -0.139. The van der Waals surface area contributed by atoms with Crippen molar-refractivity contribution >= 4 is 23.8 Å². The van der Waals surface area contributed by atoms with Gasteiger partial charge in [-0.3, -0.25) is 14.4 Å². The number of aromatic nitrogens is 2. The third kappa shape index (κ3) is 11.8. The normalized spacial score (nSPS) is 13.3. The minimum atomic E-state index is -0.948. The molecule has 5 amide bonds. The van der Waals surface area contributed by atoms with Gasteiger partial charge in [0.25, 0.3) is 0 Å². The van der Waals surface area contributed by atoms with Crippen molar-refractivity contribution in [1.29, 1.82) is 0 Å². The van der Waals surface area contributed by atoms with E-state index in [2.05, 4.69) is 16.0 Å². The molecule has 8 N–H and O–H groups in total. The van der Waals surface area contributed by atoms with Crippen LogP contribution in [-0.2, 0) is 20.9 Å². The van der Waals surface area contributed by atoms with E-state index < -0.39 is 65.5 Å². The number of nitrogens with zero attached hydrogens (tertiary/aromatic N) is 3. The highest BCUT2D eigenvalue weighted by Gasteiger charge is 2.38. The fraction of sp³-hybridized carbons (Fsp3) is 0.486. The third-order valence-electron chi connectivity index (χ3n) is 8.54. The van der Waals surface area contributed by atoms with E-state index in [1.807, 2.05) is 51.1 Å². The Hall–Kier alpha value is -4.89. The van der Waals surface area contributed by atoms with Crippen LogP contribution < -0.4 is 27.4 Å². The monoisotopic (exact) mass is 726 g/mol. The molecule has 13 nitrogen and oxygen atoms in total. The zero-order chi connectivity index (χ0) is 38.6. The second-order valence-electron chi connectivity index (χ2n) is 14.1. The number of halogens is 2. The Morgan fingerprint density at radius 1 is 0.981 bits per heavy atom. The van der Waals surface area contributed by atoms with Crippen LogP contribution >= 0.6 is 0 Å². The van der Waals surface area contributed by atoms with E-state index in [0.29, 0.717) is 18.8 Å². The number of urea groups is 1. The van der Waals surface area contributed by atoms with Gasteiger partial charge in [0.2, 0.25) is 17.7 Å². The van der Waals surface area contributed by atoms with E-state index >= 15 is 0 Å². The molecule has 0 bridgehead atoms. The lowest BCUT2D eigenvalue weighted by atomic mass is 9.84. The quantitative estimate of drug-likeness (QED) is 0.108. The molecule has 0 saturated carbocycles. The molecule has 3 aromatic rings. The van der Waals surface area contributed by atoms with Crippen molar-refractivity contribution in [1.82, 2.24) is 30.4 Å². The van der Waals surface area contributed by atoms with Crippen molar-refractivity contribution in [2.45, 2.75) is 78.6 Å². The smallest absolute Gasteiger partial charge is 0.312 e. The Bertz CT molecular complexity index is 1660. The van der Waals surface area contributed by atoms with Gasteiger partial charge in [-0.1, -0.05) is 65.0 Å². The van der Waals surface area contributed by atoms with Crippen LogP contribution in [0.5, 0.6) is 0 Å². The highest BCUT2D eigenvalue weighted by molar-refractivity contribution is 5.89. The van der Waals surface area contributed by atoms with Crippen LogP contribution in [0.15, 0.2) is 54.7 Å². The summed E-state index contributed by atoms with van der Waals surface area (Å²) in [5.41, 5.74) is 11.5.